The summed E-state index contributed by atoms with van der Waals surface area (Å²) in [6.07, 6.45) is 5.40. The highest BCUT2D eigenvalue weighted by molar-refractivity contribution is 6.14. The molecule has 0 saturated heterocycles. The van der Waals surface area contributed by atoms with Crippen molar-refractivity contribution in [2.24, 2.45) is 0 Å². The predicted molar refractivity (Wildman–Crippen MR) is 79.1 cm³/mol. The van der Waals surface area contributed by atoms with Crippen LogP contribution < -0.4 is 5.22 Å². The zero-order valence-electron chi connectivity index (χ0n) is 10.7. The highest BCUT2D eigenvalue weighted by Gasteiger charge is 2.17. The van der Waals surface area contributed by atoms with Crippen LogP contribution in [0.2, 0.25) is 0 Å². The molecular weight excluding hydrogens is 232 g/mol. The normalized spacial score (nSPS) is 13.3. The van der Waals surface area contributed by atoms with Gasteiger partial charge in [-0.25, -0.2) is 0 Å². The Kier molecular flexibility index (Phi) is 2.02. The monoisotopic (exact) mass is 245 g/mol. The van der Waals surface area contributed by atoms with Gasteiger partial charge in [0.05, 0.1) is 11.8 Å². The molecule has 0 N–H and O–H groups in total. The molecule has 90 valence electrons. The summed E-state index contributed by atoms with van der Waals surface area (Å²) >= 11 is 0. The number of rotatable bonds is 1. The molecular formula is C18H13O+. The van der Waals surface area contributed by atoms with Crippen molar-refractivity contribution in [3.63, 3.8) is 0 Å². The van der Waals surface area contributed by atoms with Gasteiger partial charge in [0.1, 0.15) is 11.3 Å². The van der Waals surface area contributed by atoms with Crippen LogP contribution in [-0.2, 0) is 6.42 Å². The second-order valence-electron chi connectivity index (χ2n) is 5.21. The van der Waals surface area contributed by atoms with Gasteiger partial charge in [0, 0.05) is 29.0 Å². The summed E-state index contributed by atoms with van der Waals surface area (Å²) < 4.78 is 0. The minimum absolute atomic E-state index is 0.124. The molecule has 0 spiro atoms. The Labute approximate surface area is 111 Å². The fourth-order valence-corrected chi connectivity index (χ4v) is 3.09. The van der Waals surface area contributed by atoms with E-state index in [9.17, 15) is 4.79 Å². The van der Waals surface area contributed by atoms with E-state index in [0.29, 0.717) is 0 Å². The first-order valence-corrected chi connectivity index (χ1v) is 6.56. The minimum atomic E-state index is 0.124. The third kappa shape index (κ3) is 1.42. The lowest BCUT2D eigenvalue weighted by Gasteiger charge is -2.11. The van der Waals surface area contributed by atoms with Gasteiger partial charge in [0.2, 0.25) is 0 Å². The van der Waals surface area contributed by atoms with E-state index in [4.69, 9.17) is 0 Å². The van der Waals surface area contributed by atoms with Crippen molar-refractivity contribution in [3.05, 3.63) is 59.2 Å². The molecule has 1 heteroatoms. The maximum atomic E-state index is 11.6. The van der Waals surface area contributed by atoms with Crippen LogP contribution in [0, 0.1) is 6.42 Å². The van der Waals surface area contributed by atoms with Gasteiger partial charge >= 0.3 is 0 Å². The first-order valence-electron chi connectivity index (χ1n) is 6.56. The number of carbonyl (C=O) groups is 1. The Hall–Kier alpha value is -2.28. The lowest BCUT2D eigenvalue weighted by molar-refractivity contribution is 0.101. The van der Waals surface area contributed by atoms with E-state index in [0.717, 1.165) is 12.0 Å². The molecule has 0 unspecified atom stereocenters. The lowest BCUT2D eigenvalue weighted by Crippen LogP contribution is -2.10. The van der Waals surface area contributed by atoms with Crippen LogP contribution in [0.1, 0.15) is 22.8 Å². The van der Waals surface area contributed by atoms with Gasteiger partial charge in [0.25, 0.3) is 0 Å². The fraction of sp³-hybridized carbons (Fsp3) is 0.111. The van der Waals surface area contributed by atoms with Gasteiger partial charge < -0.3 is 0 Å². The summed E-state index contributed by atoms with van der Waals surface area (Å²) in [7, 11) is 0. The molecule has 1 aliphatic rings. The van der Waals surface area contributed by atoms with Gasteiger partial charge in [-0.3, -0.25) is 4.79 Å². The number of hydrogen-bond acceptors (Lipinski definition) is 1. The molecule has 0 radical (unpaired) electrons. The van der Waals surface area contributed by atoms with E-state index in [1.165, 1.54) is 32.3 Å². The molecule has 0 amide bonds. The average molecular weight is 245 g/mol. The van der Waals surface area contributed by atoms with E-state index < -0.39 is 0 Å². The molecule has 0 fully saturated rings. The Balaban J connectivity index is 2.28. The standard InChI is InChI=1S/C18H13O/c1-11(19)16-9-14-7-5-12-3-2-4-13-6-8-15(10-16)18(14)17(12)13/h2-3,5-10H,4H2,1H3/q+1. The van der Waals surface area contributed by atoms with Gasteiger partial charge in [-0.2, -0.15) is 0 Å². The molecule has 0 heterocycles. The molecule has 19 heavy (non-hydrogen) atoms. The maximum absolute atomic E-state index is 11.6. The number of benzene rings is 3. The third-order valence-corrected chi connectivity index (χ3v) is 4.01. The Morgan fingerprint density at radius 1 is 1.05 bits per heavy atom. The topological polar surface area (TPSA) is 17.1 Å². The van der Waals surface area contributed by atoms with Crippen LogP contribution in [0.25, 0.3) is 27.6 Å². The molecule has 0 bridgehead atoms. The van der Waals surface area contributed by atoms with Gasteiger partial charge in [0.15, 0.2) is 5.78 Å². The van der Waals surface area contributed by atoms with Crippen LogP contribution in [0.15, 0.2) is 36.4 Å². The molecule has 0 aromatic heterocycles. The molecule has 1 nitrogen and oxygen atoms in total. The SMILES string of the molecule is CC(=O)c1cc2ccc3c4c(ccc(c1)c24)=C[CH+]C3. The second kappa shape index (κ2) is 3.61. The zero-order chi connectivity index (χ0) is 13.0. The first kappa shape index (κ1) is 10.6. The summed E-state index contributed by atoms with van der Waals surface area (Å²) in [4.78, 5) is 11.6. The summed E-state index contributed by atoms with van der Waals surface area (Å²) in [6, 6.07) is 12.6. The highest BCUT2D eigenvalue weighted by Crippen LogP contribution is 2.30. The predicted octanol–water partition coefficient (Wildman–Crippen LogP) is 3.46. The Morgan fingerprint density at radius 2 is 1.79 bits per heavy atom. The number of ketones is 1. The maximum Gasteiger partial charge on any atom is 0.159 e. The molecule has 3 aromatic rings. The molecule has 0 aliphatic heterocycles. The van der Waals surface area contributed by atoms with Crippen LogP contribution in [0.4, 0.5) is 0 Å². The molecule has 4 rings (SSSR count). The number of Topliss-reactive ketones (excluding diaryl/α,β-unsaturated/α-hetero) is 1. The van der Waals surface area contributed by atoms with Gasteiger partial charge in [-0.05, 0) is 35.9 Å². The first-order chi connectivity index (χ1) is 9.24. The molecule has 0 atom stereocenters. The fourth-order valence-electron chi connectivity index (χ4n) is 3.09. The molecule has 0 saturated carbocycles. The Morgan fingerprint density at radius 3 is 2.53 bits per heavy atom. The van der Waals surface area contributed by atoms with E-state index >= 15 is 0 Å². The smallest absolute Gasteiger partial charge is 0.159 e. The summed E-state index contributed by atoms with van der Waals surface area (Å²) in [5.74, 6) is 0.124. The van der Waals surface area contributed by atoms with Crippen molar-refractivity contribution in [3.8, 4) is 0 Å². The van der Waals surface area contributed by atoms with Gasteiger partial charge in [-0.15, -0.1) is 0 Å². The van der Waals surface area contributed by atoms with Crippen LogP contribution in [-0.4, -0.2) is 5.78 Å². The van der Waals surface area contributed by atoms with Crippen LogP contribution in [0.3, 0.4) is 0 Å². The van der Waals surface area contributed by atoms with Crippen molar-refractivity contribution in [2.75, 3.05) is 0 Å². The number of carbonyl (C=O) groups excluding carboxylic acids is 1. The summed E-state index contributed by atoms with van der Waals surface area (Å²) in [6.45, 7) is 1.62. The van der Waals surface area contributed by atoms with E-state index in [2.05, 4.69) is 36.8 Å². The van der Waals surface area contributed by atoms with E-state index in [-0.39, 0.29) is 5.78 Å². The van der Waals surface area contributed by atoms with Crippen molar-refractivity contribution < 1.29 is 4.79 Å². The second-order valence-corrected chi connectivity index (χ2v) is 5.21. The van der Waals surface area contributed by atoms with Crippen molar-refractivity contribution in [1.29, 1.82) is 0 Å². The van der Waals surface area contributed by atoms with Crippen molar-refractivity contribution in [2.45, 2.75) is 13.3 Å². The van der Waals surface area contributed by atoms with Crippen molar-refractivity contribution in [1.82, 2.24) is 0 Å². The third-order valence-electron chi connectivity index (χ3n) is 4.01. The lowest BCUT2D eigenvalue weighted by atomic mass is 9.89. The summed E-state index contributed by atoms with van der Waals surface area (Å²) in [5, 5.41) is 6.27. The van der Waals surface area contributed by atoms with E-state index in [1.54, 1.807) is 6.92 Å². The van der Waals surface area contributed by atoms with E-state index in [1.807, 2.05) is 12.1 Å². The molecule has 3 aromatic carbocycles. The Bertz CT molecular complexity index is 868. The average Bonchev–Trinajstić information content (AvgIpc) is 2.44. The van der Waals surface area contributed by atoms with Gasteiger partial charge in [-0.1, -0.05) is 12.1 Å². The van der Waals surface area contributed by atoms with Crippen molar-refractivity contribution >= 4 is 33.4 Å². The quantitative estimate of drug-likeness (QED) is 0.474. The summed E-state index contributed by atoms with van der Waals surface area (Å²) in [5.41, 5.74) is 2.17. The molecule has 1 aliphatic carbocycles. The zero-order valence-corrected chi connectivity index (χ0v) is 10.7. The van der Waals surface area contributed by atoms with Crippen LogP contribution >= 0.6 is 0 Å². The number of hydrogen-bond donors (Lipinski definition) is 0. The van der Waals surface area contributed by atoms with Crippen LogP contribution in [0.5, 0.6) is 0 Å². The highest BCUT2D eigenvalue weighted by atomic mass is 16.1. The largest absolute Gasteiger partial charge is 0.295 e. The minimum Gasteiger partial charge on any atom is -0.295 e.